The van der Waals surface area contributed by atoms with Gasteiger partial charge in [-0.25, -0.2) is 0 Å². The van der Waals surface area contributed by atoms with Gasteiger partial charge < -0.3 is 14.9 Å². The first-order chi connectivity index (χ1) is 28.3. The van der Waals surface area contributed by atoms with Gasteiger partial charge in [0.1, 0.15) is 0 Å². The normalized spacial score (nSPS) is 13.0. The second kappa shape index (κ2) is 23.2. The molecule has 0 aromatic heterocycles. The number of rotatable bonds is 8. The van der Waals surface area contributed by atoms with E-state index in [4.69, 9.17) is 0 Å². The van der Waals surface area contributed by atoms with Gasteiger partial charge in [-0.3, -0.25) is 0 Å². The molecule has 4 heteroatoms. The molecule has 0 saturated heterocycles. The van der Waals surface area contributed by atoms with E-state index in [2.05, 4.69) is 180 Å². The van der Waals surface area contributed by atoms with Gasteiger partial charge in [0.05, 0.1) is 0 Å². The van der Waals surface area contributed by atoms with Crippen LogP contribution in [0.15, 0.2) is 146 Å². The molecule has 2 aliphatic rings. The van der Waals surface area contributed by atoms with Crippen molar-refractivity contribution >= 4 is 53.2 Å². The van der Waals surface area contributed by atoms with Gasteiger partial charge in [0.15, 0.2) is 0 Å². The van der Waals surface area contributed by atoms with E-state index in [0.29, 0.717) is 0 Å². The monoisotopic (exact) mass is 946 g/mol. The molecule has 0 nitrogen and oxygen atoms in total. The van der Waals surface area contributed by atoms with E-state index in [1.807, 2.05) is 0 Å². The summed E-state index contributed by atoms with van der Waals surface area (Å²) in [5.74, 6) is 1.78. The molecule has 0 N–H and O–H groups in total. The van der Waals surface area contributed by atoms with Crippen LogP contribution in [-0.4, -0.2) is 6.88 Å². The van der Waals surface area contributed by atoms with E-state index >= 15 is 0 Å². The van der Waals surface area contributed by atoms with Crippen LogP contribution in [0.4, 0.5) is 0 Å². The summed E-state index contributed by atoms with van der Waals surface area (Å²) in [7, 11) is 0. The van der Waals surface area contributed by atoms with Crippen molar-refractivity contribution in [2.45, 2.75) is 79.1 Å². The van der Waals surface area contributed by atoms with Crippen molar-refractivity contribution in [2.24, 2.45) is 11.8 Å². The fraction of sp³-hybridized carbons (Fsp3) is 0.241. The van der Waals surface area contributed by atoms with Crippen molar-refractivity contribution < 1.29 is 23.3 Å². The maximum atomic E-state index is 3.06. The Labute approximate surface area is 402 Å². The number of hydrogen-bond acceptors (Lipinski definition) is 0. The van der Waals surface area contributed by atoms with Gasteiger partial charge in [-0.1, -0.05) is 215 Å². The average molecular weight is 949 g/mol. The van der Waals surface area contributed by atoms with Crippen molar-refractivity contribution in [3.63, 3.8) is 0 Å². The molecule has 8 aromatic carbocycles. The SMILES string of the molecule is Cc1ccc(-c2ccc(-c3ccc(C)cc3)c3[cH-]c(CC4CCC4)cc23)cc1.Cc1ccc(-c2ccc(-c3ccc(C)cc3)c3[cH-]c(CC4CCC4)cc23)cc1.Cl.Cl.[CH3-].[CH3-].[Si]=[Zr]. The molecule has 320 valence electrons. The summed E-state index contributed by atoms with van der Waals surface area (Å²) in [5.41, 5.74) is 18.9. The predicted molar refractivity (Wildman–Crippen MR) is 275 cm³/mol. The fourth-order valence-corrected chi connectivity index (χ4v) is 8.96. The topological polar surface area (TPSA) is 0 Å². The Hall–Kier alpha value is -3.78. The fourth-order valence-electron chi connectivity index (χ4n) is 8.96. The summed E-state index contributed by atoms with van der Waals surface area (Å²) in [6.07, 6.45) is 10.9. The predicted octanol–water partition coefficient (Wildman–Crippen LogP) is 17.1. The summed E-state index contributed by atoms with van der Waals surface area (Å²) < 4.78 is 0. The molecule has 8 aromatic rings. The van der Waals surface area contributed by atoms with Crippen molar-refractivity contribution in [1.82, 2.24) is 0 Å². The number of hydrogen-bond donors (Lipinski definition) is 0. The molecule has 2 saturated carbocycles. The van der Waals surface area contributed by atoms with E-state index in [9.17, 15) is 0 Å². The number of aryl methyl sites for hydroxylation is 4. The van der Waals surface area contributed by atoms with Crippen molar-refractivity contribution in [3.05, 3.63) is 194 Å². The quantitative estimate of drug-likeness (QED) is 0.105. The molecular weight excluding hydrogens is 887 g/mol. The Bertz CT molecular complexity index is 2270. The third-order valence-electron chi connectivity index (χ3n) is 12.8. The Morgan fingerprint density at radius 1 is 0.419 bits per heavy atom. The number of halogens is 2. The molecule has 0 atom stereocenters. The summed E-state index contributed by atoms with van der Waals surface area (Å²) in [6.45, 7) is 11.7. The second-order valence-corrected chi connectivity index (χ2v) is 17.2. The Morgan fingerprint density at radius 2 is 0.677 bits per heavy atom. The zero-order valence-corrected chi connectivity index (χ0v) is 42.6. The van der Waals surface area contributed by atoms with Crippen LogP contribution in [0.1, 0.15) is 71.9 Å². The maximum absolute atomic E-state index is 3.06. The Morgan fingerprint density at radius 3 is 0.935 bits per heavy atom. The summed E-state index contributed by atoms with van der Waals surface area (Å²) >= 11 is 1.36. The van der Waals surface area contributed by atoms with E-state index in [1.54, 1.807) is 0 Å². The van der Waals surface area contributed by atoms with Gasteiger partial charge in [0, 0.05) is 0 Å². The van der Waals surface area contributed by atoms with Gasteiger partial charge >= 0.3 is 30.2 Å². The van der Waals surface area contributed by atoms with Crippen LogP contribution < -0.4 is 0 Å². The molecule has 2 aliphatic carbocycles. The molecule has 0 bridgehead atoms. The van der Waals surface area contributed by atoms with Gasteiger partial charge in [0.25, 0.3) is 0 Å². The van der Waals surface area contributed by atoms with E-state index < -0.39 is 0 Å². The molecule has 0 aliphatic heterocycles. The van der Waals surface area contributed by atoms with Crippen LogP contribution in [0.25, 0.3) is 66.1 Å². The van der Waals surface area contributed by atoms with Crippen molar-refractivity contribution in [1.29, 1.82) is 0 Å². The molecule has 2 radical (unpaired) electrons. The van der Waals surface area contributed by atoms with Crippen LogP contribution in [0.3, 0.4) is 0 Å². The summed E-state index contributed by atoms with van der Waals surface area (Å²) in [4.78, 5) is 0. The Kier molecular flexibility index (Phi) is 19.1. The minimum atomic E-state index is 0. The third kappa shape index (κ3) is 11.5. The molecule has 0 unspecified atom stereocenters. The first-order valence-corrected chi connectivity index (χ1v) is 25.5. The van der Waals surface area contributed by atoms with E-state index in [0.717, 1.165) is 11.8 Å². The number of benzene rings is 6. The van der Waals surface area contributed by atoms with Crippen molar-refractivity contribution in [3.8, 4) is 44.5 Å². The van der Waals surface area contributed by atoms with Crippen LogP contribution in [0, 0.1) is 54.4 Å². The summed E-state index contributed by atoms with van der Waals surface area (Å²) in [5, 5.41) is 5.60. The zero-order valence-electron chi connectivity index (χ0n) is 37.5. The molecule has 2 fully saturated rings. The summed E-state index contributed by atoms with van der Waals surface area (Å²) in [6, 6.07) is 54.9. The van der Waals surface area contributed by atoms with Crippen molar-refractivity contribution in [2.75, 3.05) is 0 Å². The zero-order chi connectivity index (χ0) is 40.2. The van der Waals surface area contributed by atoms with Gasteiger partial charge in [-0.05, 0) is 63.5 Å². The van der Waals surface area contributed by atoms with Crippen LogP contribution in [-0.2, 0) is 36.2 Å². The first kappa shape index (κ1) is 50.9. The average Bonchev–Trinajstić information content (AvgIpc) is 3.85. The van der Waals surface area contributed by atoms with E-state index in [-0.39, 0.29) is 39.7 Å². The van der Waals surface area contributed by atoms with Gasteiger partial charge in [-0.2, -0.15) is 12.1 Å². The van der Waals surface area contributed by atoms with Gasteiger partial charge in [0.2, 0.25) is 0 Å². The van der Waals surface area contributed by atoms with Crippen LogP contribution in [0.5, 0.6) is 0 Å². The molecule has 62 heavy (non-hydrogen) atoms. The molecule has 0 amide bonds. The molecule has 0 spiro atoms. The standard InChI is InChI=1S/2C28H27.2CH3.2ClH.Si.Zr/c2*1-19-6-10-23(11-7-19)25-14-15-26(24-12-8-20(2)9-13-24)28-18-22(17-27(25)28)16-21-4-3-5-21;;;;;;/h2*6-15,17-18,21H,3-5,16H2,1-2H3;2*1H3;2*1H;;/q4*-1;;;;. The second-order valence-electron chi connectivity index (χ2n) is 17.2. The minimum absolute atomic E-state index is 0. The Balaban J connectivity index is 0.000000247. The molecule has 10 rings (SSSR count). The third-order valence-corrected chi connectivity index (χ3v) is 12.8. The van der Waals surface area contributed by atoms with Crippen LogP contribution >= 0.6 is 24.8 Å². The molecule has 0 heterocycles. The first-order valence-electron chi connectivity index (χ1n) is 21.3. The van der Waals surface area contributed by atoms with Crippen LogP contribution in [0.2, 0.25) is 0 Å². The molecular formula is C58H62Cl2SiZr-4. The number of fused-ring (bicyclic) bond motifs is 2. The van der Waals surface area contributed by atoms with E-state index in [1.165, 1.54) is 174 Å². The van der Waals surface area contributed by atoms with Gasteiger partial charge in [-0.15, -0.1) is 69.6 Å².